The number of aromatic amines is 1. The molecule has 0 radical (unpaired) electrons. The van der Waals surface area contributed by atoms with Crippen molar-refractivity contribution in [1.29, 1.82) is 0 Å². The van der Waals surface area contributed by atoms with Gasteiger partial charge in [-0.05, 0) is 42.5 Å². The fraction of sp³-hybridized carbons (Fsp3) is 0.0526. The van der Waals surface area contributed by atoms with E-state index in [0.717, 1.165) is 30.3 Å². The predicted octanol–water partition coefficient (Wildman–Crippen LogP) is 4.51. The monoisotopic (exact) mass is 441 g/mol. The lowest BCUT2D eigenvalue weighted by atomic mass is 10.1. The molecule has 3 aromatic rings. The zero-order valence-electron chi connectivity index (χ0n) is 14.2. The smallest absolute Gasteiger partial charge is 0.416 e. The number of carboxylic acids is 1. The molecule has 0 saturated carbocycles. The second-order valence-corrected chi connectivity index (χ2v) is 6.75. The molecule has 0 bridgehead atoms. The Morgan fingerprint density at radius 3 is 2.34 bits per heavy atom. The molecular weight excluding hydrogens is 432 g/mol. The van der Waals surface area contributed by atoms with E-state index in [1.165, 1.54) is 18.2 Å². The summed E-state index contributed by atoms with van der Waals surface area (Å²) in [5, 5.41) is 14.5. The van der Waals surface area contributed by atoms with Crippen LogP contribution in [-0.4, -0.2) is 16.9 Å². The molecule has 0 saturated heterocycles. The Hall–Kier alpha value is -2.97. The number of carboxylic acid groups (broad SMARTS) is 1. The van der Waals surface area contributed by atoms with Crippen molar-refractivity contribution in [1.82, 2.24) is 4.98 Å². The molecule has 3 rings (SSSR count). The van der Waals surface area contributed by atoms with Gasteiger partial charge in [-0.2, -0.15) is 13.2 Å². The van der Waals surface area contributed by atoms with Crippen molar-refractivity contribution >= 4 is 57.7 Å². The highest BCUT2D eigenvalue weighted by atomic mass is 35.5. The molecule has 2 N–H and O–H groups in total. The number of halogens is 5. The summed E-state index contributed by atoms with van der Waals surface area (Å²) >= 11 is 12.0. The number of amides is 1. The van der Waals surface area contributed by atoms with E-state index < -0.39 is 23.6 Å². The average molecular weight is 442 g/mol. The number of H-pyrrole nitrogens is 1. The van der Waals surface area contributed by atoms with Crippen LogP contribution in [0.25, 0.3) is 17.0 Å². The Kier molecular flexibility index (Phi) is 5.59. The van der Waals surface area contributed by atoms with E-state index in [1.54, 1.807) is 0 Å². The molecule has 150 valence electrons. The number of rotatable bonds is 4. The second kappa shape index (κ2) is 7.81. The zero-order chi connectivity index (χ0) is 21.3. The molecule has 0 aliphatic rings. The maximum Gasteiger partial charge on any atom is 0.416 e. The van der Waals surface area contributed by atoms with Gasteiger partial charge in [-0.15, -0.1) is 0 Å². The summed E-state index contributed by atoms with van der Waals surface area (Å²) in [6.45, 7) is 0. The highest BCUT2D eigenvalue weighted by Gasteiger charge is 2.29. The van der Waals surface area contributed by atoms with Crippen molar-refractivity contribution in [2.75, 3.05) is 5.32 Å². The number of aromatic nitrogens is 1. The van der Waals surface area contributed by atoms with E-state index in [-0.39, 0.29) is 27.0 Å². The maximum absolute atomic E-state index is 12.6. The molecular formula is C19H10Cl2F3N2O3-. The van der Waals surface area contributed by atoms with Gasteiger partial charge in [-0.25, -0.2) is 0 Å². The number of anilines is 1. The first-order valence-corrected chi connectivity index (χ1v) is 8.70. The highest BCUT2D eigenvalue weighted by molar-refractivity contribution is 6.39. The van der Waals surface area contributed by atoms with Crippen LogP contribution in [0, 0.1) is 0 Å². The summed E-state index contributed by atoms with van der Waals surface area (Å²) in [6.07, 6.45) is -2.25. The third kappa shape index (κ3) is 4.55. The fourth-order valence-corrected chi connectivity index (χ4v) is 3.28. The zero-order valence-corrected chi connectivity index (χ0v) is 15.7. The van der Waals surface area contributed by atoms with Gasteiger partial charge in [0.05, 0.1) is 22.2 Å². The van der Waals surface area contributed by atoms with E-state index in [1.807, 2.05) is 0 Å². The van der Waals surface area contributed by atoms with Gasteiger partial charge < -0.3 is 20.2 Å². The summed E-state index contributed by atoms with van der Waals surface area (Å²) < 4.78 is 37.7. The number of benzene rings is 2. The molecule has 1 aromatic heterocycles. The molecule has 1 heterocycles. The minimum Gasteiger partial charge on any atom is -0.543 e. The van der Waals surface area contributed by atoms with Gasteiger partial charge in [-0.3, -0.25) is 4.79 Å². The van der Waals surface area contributed by atoms with Crippen molar-refractivity contribution in [3.8, 4) is 0 Å². The molecule has 0 aliphatic heterocycles. The summed E-state index contributed by atoms with van der Waals surface area (Å²) in [7, 11) is 0. The van der Waals surface area contributed by atoms with Crippen molar-refractivity contribution in [2.24, 2.45) is 0 Å². The summed E-state index contributed by atoms with van der Waals surface area (Å²) in [4.78, 5) is 26.1. The van der Waals surface area contributed by atoms with Crippen LogP contribution in [0.5, 0.6) is 0 Å². The van der Waals surface area contributed by atoms with E-state index in [4.69, 9.17) is 23.2 Å². The molecule has 0 aliphatic carbocycles. The summed E-state index contributed by atoms with van der Waals surface area (Å²) in [5.74, 6) is -2.20. The third-order valence-electron chi connectivity index (χ3n) is 3.94. The number of alkyl halides is 3. The lowest BCUT2D eigenvalue weighted by Gasteiger charge is -2.07. The molecule has 10 heteroatoms. The van der Waals surface area contributed by atoms with Crippen molar-refractivity contribution in [3.63, 3.8) is 0 Å². The van der Waals surface area contributed by atoms with Gasteiger partial charge in [0.25, 0.3) is 0 Å². The van der Waals surface area contributed by atoms with Gasteiger partial charge >= 0.3 is 6.18 Å². The lowest BCUT2D eigenvalue weighted by molar-refractivity contribution is -0.255. The first kappa shape index (κ1) is 20.8. The van der Waals surface area contributed by atoms with Gasteiger partial charge in [0.1, 0.15) is 0 Å². The van der Waals surface area contributed by atoms with Crippen LogP contribution in [0.3, 0.4) is 0 Å². The van der Waals surface area contributed by atoms with E-state index in [0.29, 0.717) is 10.9 Å². The summed E-state index contributed by atoms with van der Waals surface area (Å²) in [5.41, 5.74) is -0.579. The van der Waals surface area contributed by atoms with Crippen LogP contribution in [0.15, 0.2) is 42.5 Å². The minimum atomic E-state index is -4.48. The van der Waals surface area contributed by atoms with E-state index >= 15 is 0 Å². The van der Waals surface area contributed by atoms with Crippen LogP contribution in [0.4, 0.5) is 18.9 Å². The number of aromatic carboxylic acids is 1. The van der Waals surface area contributed by atoms with Crippen LogP contribution in [0.1, 0.15) is 21.6 Å². The van der Waals surface area contributed by atoms with Crippen molar-refractivity contribution in [2.45, 2.75) is 6.18 Å². The molecule has 29 heavy (non-hydrogen) atoms. The Bertz CT molecular complexity index is 1140. The lowest BCUT2D eigenvalue weighted by Crippen LogP contribution is -2.23. The quantitative estimate of drug-likeness (QED) is 0.584. The third-order valence-corrected chi connectivity index (χ3v) is 4.45. The SMILES string of the molecule is O=C(/C=C/c1c(C(=O)[O-])[nH]c2cc(Cl)cc(Cl)c12)Nc1ccc(C(F)(F)F)cc1. The van der Waals surface area contributed by atoms with E-state index in [2.05, 4.69) is 10.3 Å². The number of nitrogens with one attached hydrogen (secondary N) is 2. The summed E-state index contributed by atoms with van der Waals surface area (Å²) in [6, 6.07) is 6.75. The normalized spacial score (nSPS) is 11.9. The molecule has 1 amide bonds. The number of hydrogen-bond acceptors (Lipinski definition) is 3. The Morgan fingerprint density at radius 1 is 1.10 bits per heavy atom. The second-order valence-electron chi connectivity index (χ2n) is 5.91. The predicted molar refractivity (Wildman–Crippen MR) is 102 cm³/mol. The topological polar surface area (TPSA) is 85.0 Å². The standard InChI is InChI=1S/C19H11Cl2F3N2O3/c20-10-7-13(21)16-12(17(18(28)29)26-14(16)8-10)5-6-15(27)25-11-3-1-9(2-4-11)19(22,23)24/h1-8,26H,(H,25,27)(H,28,29)/p-1/b6-5+. The van der Waals surface area contributed by atoms with Gasteiger partial charge in [0.15, 0.2) is 0 Å². The van der Waals surface area contributed by atoms with Crippen molar-refractivity contribution < 1.29 is 27.9 Å². The number of carbonyl (C=O) groups excluding carboxylic acids is 2. The fourth-order valence-electron chi connectivity index (χ4n) is 2.69. The first-order valence-electron chi connectivity index (χ1n) is 7.94. The number of hydrogen-bond donors (Lipinski definition) is 2. The van der Waals surface area contributed by atoms with Gasteiger partial charge in [0, 0.05) is 33.3 Å². The number of carbonyl (C=O) groups is 2. The molecule has 0 fully saturated rings. The van der Waals surface area contributed by atoms with Crippen LogP contribution >= 0.6 is 23.2 Å². The van der Waals surface area contributed by atoms with Crippen LogP contribution < -0.4 is 10.4 Å². The van der Waals surface area contributed by atoms with Crippen LogP contribution in [0.2, 0.25) is 10.0 Å². The highest BCUT2D eigenvalue weighted by Crippen LogP contribution is 2.33. The molecule has 0 atom stereocenters. The maximum atomic E-state index is 12.6. The Labute approximate surface area is 171 Å². The van der Waals surface area contributed by atoms with E-state index in [9.17, 15) is 27.9 Å². The Balaban J connectivity index is 1.87. The first-order chi connectivity index (χ1) is 13.6. The molecule has 0 spiro atoms. The average Bonchev–Trinajstić information content (AvgIpc) is 2.98. The number of fused-ring (bicyclic) bond motifs is 1. The largest absolute Gasteiger partial charge is 0.543 e. The molecule has 2 aromatic carbocycles. The molecule has 5 nitrogen and oxygen atoms in total. The van der Waals surface area contributed by atoms with Gasteiger partial charge in [-0.1, -0.05) is 23.2 Å². The Morgan fingerprint density at radius 2 is 1.76 bits per heavy atom. The minimum absolute atomic E-state index is 0.101. The van der Waals surface area contributed by atoms with Crippen LogP contribution in [-0.2, 0) is 11.0 Å². The van der Waals surface area contributed by atoms with Gasteiger partial charge in [0.2, 0.25) is 5.91 Å². The van der Waals surface area contributed by atoms with Crippen molar-refractivity contribution in [3.05, 3.63) is 69.3 Å². The molecule has 0 unspecified atom stereocenters.